The van der Waals surface area contributed by atoms with Crippen LogP contribution in [-0.2, 0) is 4.79 Å². The lowest BCUT2D eigenvalue weighted by atomic mass is 9.93. The van der Waals surface area contributed by atoms with Gasteiger partial charge in [-0.1, -0.05) is 42.7 Å². The molecule has 0 bridgehead atoms. The second-order valence-electron chi connectivity index (χ2n) is 7.78. The van der Waals surface area contributed by atoms with Crippen molar-refractivity contribution in [1.82, 2.24) is 14.9 Å². The number of likely N-dealkylation sites (tertiary alicyclic amines) is 1. The molecular weight excluding hydrogens is 322 g/mol. The molecule has 0 N–H and O–H groups in total. The van der Waals surface area contributed by atoms with E-state index in [4.69, 9.17) is 4.98 Å². The first-order valence-corrected chi connectivity index (χ1v) is 9.89. The van der Waals surface area contributed by atoms with Crippen molar-refractivity contribution in [2.24, 2.45) is 5.92 Å². The zero-order valence-electron chi connectivity index (χ0n) is 15.5. The van der Waals surface area contributed by atoms with E-state index in [1.807, 2.05) is 12.3 Å². The number of piperidine rings is 1. The molecule has 1 atom stereocenters. The predicted molar refractivity (Wildman–Crippen MR) is 103 cm³/mol. The Morgan fingerprint density at radius 1 is 1.04 bits per heavy atom. The van der Waals surface area contributed by atoms with Crippen LogP contribution in [0.15, 0.2) is 36.5 Å². The summed E-state index contributed by atoms with van der Waals surface area (Å²) in [5.41, 5.74) is 3.35. The van der Waals surface area contributed by atoms with Gasteiger partial charge in [-0.25, -0.2) is 9.97 Å². The second kappa shape index (κ2) is 7.56. The van der Waals surface area contributed by atoms with E-state index < -0.39 is 0 Å². The lowest BCUT2D eigenvalue weighted by Crippen LogP contribution is -2.42. The molecule has 1 aliphatic carbocycles. The highest BCUT2D eigenvalue weighted by molar-refractivity contribution is 5.79. The van der Waals surface area contributed by atoms with Crippen molar-refractivity contribution in [3.8, 4) is 11.4 Å². The van der Waals surface area contributed by atoms with Gasteiger partial charge in [0.1, 0.15) is 0 Å². The molecule has 4 nitrogen and oxygen atoms in total. The van der Waals surface area contributed by atoms with Gasteiger partial charge >= 0.3 is 0 Å². The third-order valence-electron chi connectivity index (χ3n) is 5.84. The minimum atomic E-state index is 0.266. The maximum absolute atomic E-state index is 12.8. The van der Waals surface area contributed by atoms with E-state index in [-0.39, 0.29) is 5.92 Å². The van der Waals surface area contributed by atoms with Crippen LogP contribution >= 0.6 is 0 Å². The summed E-state index contributed by atoms with van der Waals surface area (Å²) in [7, 11) is 0. The van der Waals surface area contributed by atoms with Gasteiger partial charge in [-0.05, 0) is 38.7 Å². The maximum atomic E-state index is 12.8. The lowest BCUT2D eigenvalue weighted by molar-refractivity contribution is -0.136. The van der Waals surface area contributed by atoms with Crippen LogP contribution in [0.1, 0.15) is 55.7 Å². The summed E-state index contributed by atoms with van der Waals surface area (Å²) in [6.07, 6.45) is 8.58. The average molecular weight is 349 g/mol. The van der Waals surface area contributed by atoms with Gasteiger partial charge in [-0.2, -0.15) is 0 Å². The predicted octanol–water partition coefficient (Wildman–Crippen LogP) is 4.35. The van der Waals surface area contributed by atoms with Crippen molar-refractivity contribution in [1.29, 1.82) is 0 Å². The number of carbonyl (C=O) groups is 1. The Bertz CT molecular complexity index is 765. The SMILES string of the molecule is Cc1ccc(-c2nccc([C@@H]3CCCN(C(=O)C4CCCC4)C3)n2)cc1. The molecule has 2 aliphatic rings. The molecule has 2 aromatic rings. The van der Waals surface area contributed by atoms with Crippen LogP contribution in [0, 0.1) is 12.8 Å². The molecule has 1 saturated heterocycles. The molecule has 26 heavy (non-hydrogen) atoms. The number of aryl methyl sites for hydroxylation is 1. The number of hydrogen-bond acceptors (Lipinski definition) is 3. The van der Waals surface area contributed by atoms with Crippen LogP contribution in [0.4, 0.5) is 0 Å². The van der Waals surface area contributed by atoms with E-state index in [0.29, 0.717) is 11.8 Å². The fourth-order valence-electron chi connectivity index (χ4n) is 4.29. The molecule has 1 saturated carbocycles. The van der Waals surface area contributed by atoms with E-state index in [9.17, 15) is 4.79 Å². The normalized spacial score (nSPS) is 21.1. The van der Waals surface area contributed by atoms with E-state index >= 15 is 0 Å². The zero-order chi connectivity index (χ0) is 17.9. The number of benzene rings is 1. The monoisotopic (exact) mass is 349 g/mol. The standard InChI is InChI=1S/C22H27N3O/c1-16-8-10-17(11-9-16)21-23-13-12-20(24-21)19-7-4-14-25(15-19)22(26)18-5-2-3-6-18/h8-13,18-19H,2-7,14-15H2,1H3/t19-/m1/s1. The Balaban J connectivity index is 1.50. The van der Waals surface area contributed by atoms with E-state index in [0.717, 1.165) is 55.9 Å². The Morgan fingerprint density at radius 3 is 2.58 bits per heavy atom. The highest BCUT2D eigenvalue weighted by atomic mass is 16.2. The highest BCUT2D eigenvalue weighted by Crippen LogP contribution is 2.31. The van der Waals surface area contributed by atoms with Crippen molar-refractivity contribution < 1.29 is 4.79 Å². The van der Waals surface area contributed by atoms with Gasteiger partial charge < -0.3 is 4.90 Å². The molecule has 1 aromatic heterocycles. The Kier molecular flexibility index (Phi) is 5.00. The summed E-state index contributed by atoms with van der Waals surface area (Å²) >= 11 is 0. The molecule has 1 amide bonds. The number of amides is 1. The number of rotatable bonds is 3. The minimum absolute atomic E-state index is 0.266. The summed E-state index contributed by atoms with van der Waals surface area (Å²) < 4.78 is 0. The number of hydrogen-bond donors (Lipinski definition) is 0. The maximum Gasteiger partial charge on any atom is 0.225 e. The van der Waals surface area contributed by atoms with E-state index in [2.05, 4.69) is 41.1 Å². The van der Waals surface area contributed by atoms with Crippen molar-refractivity contribution in [3.63, 3.8) is 0 Å². The van der Waals surface area contributed by atoms with Crippen LogP contribution in [0.25, 0.3) is 11.4 Å². The topological polar surface area (TPSA) is 46.1 Å². The van der Waals surface area contributed by atoms with E-state index in [1.54, 1.807) is 0 Å². The third kappa shape index (κ3) is 3.64. The Labute approximate surface area is 155 Å². The molecular formula is C22H27N3O. The van der Waals surface area contributed by atoms with Gasteiger partial charge in [-0.15, -0.1) is 0 Å². The van der Waals surface area contributed by atoms with E-state index in [1.165, 1.54) is 18.4 Å². The number of aromatic nitrogens is 2. The van der Waals surface area contributed by atoms with Gasteiger partial charge in [0.2, 0.25) is 5.91 Å². The second-order valence-corrected chi connectivity index (χ2v) is 7.78. The largest absolute Gasteiger partial charge is 0.342 e. The average Bonchev–Trinajstić information content (AvgIpc) is 3.23. The first-order valence-electron chi connectivity index (χ1n) is 9.89. The number of carbonyl (C=O) groups excluding carboxylic acids is 1. The first kappa shape index (κ1) is 17.2. The Morgan fingerprint density at radius 2 is 1.81 bits per heavy atom. The zero-order valence-corrected chi connectivity index (χ0v) is 15.5. The molecule has 4 rings (SSSR count). The van der Waals surface area contributed by atoms with Gasteiger partial charge in [0, 0.05) is 42.4 Å². The summed E-state index contributed by atoms with van der Waals surface area (Å²) in [4.78, 5) is 24.2. The van der Waals surface area contributed by atoms with Crippen LogP contribution in [-0.4, -0.2) is 33.9 Å². The molecule has 0 unspecified atom stereocenters. The summed E-state index contributed by atoms with van der Waals surface area (Å²) in [6.45, 7) is 3.79. The molecule has 2 heterocycles. The van der Waals surface area contributed by atoms with Gasteiger partial charge in [0.05, 0.1) is 0 Å². The molecule has 0 radical (unpaired) electrons. The lowest BCUT2D eigenvalue weighted by Gasteiger charge is -2.34. The third-order valence-corrected chi connectivity index (χ3v) is 5.84. The summed E-state index contributed by atoms with van der Waals surface area (Å²) in [6, 6.07) is 10.4. The van der Waals surface area contributed by atoms with Crippen molar-refractivity contribution in [2.45, 2.75) is 51.4 Å². The minimum Gasteiger partial charge on any atom is -0.342 e. The van der Waals surface area contributed by atoms with Crippen LogP contribution < -0.4 is 0 Å². The van der Waals surface area contributed by atoms with Crippen LogP contribution in [0.2, 0.25) is 0 Å². The van der Waals surface area contributed by atoms with Crippen LogP contribution in [0.3, 0.4) is 0 Å². The first-order chi connectivity index (χ1) is 12.7. The van der Waals surface area contributed by atoms with Gasteiger partial charge in [0.25, 0.3) is 0 Å². The molecule has 1 aliphatic heterocycles. The Hall–Kier alpha value is -2.23. The molecule has 136 valence electrons. The summed E-state index contributed by atoms with van der Waals surface area (Å²) in [5.74, 6) is 1.74. The van der Waals surface area contributed by atoms with Gasteiger partial charge in [-0.3, -0.25) is 4.79 Å². The number of nitrogens with zero attached hydrogens (tertiary/aromatic N) is 3. The fourth-order valence-corrected chi connectivity index (χ4v) is 4.29. The molecule has 2 fully saturated rings. The smallest absolute Gasteiger partial charge is 0.225 e. The molecule has 4 heteroatoms. The molecule has 0 spiro atoms. The molecule has 1 aromatic carbocycles. The van der Waals surface area contributed by atoms with Crippen molar-refractivity contribution >= 4 is 5.91 Å². The van der Waals surface area contributed by atoms with Gasteiger partial charge in [0.15, 0.2) is 5.82 Å². The fraction of sp³-hybridized carbons (Fsp3) is 0.500. The van der Waals surface area contributed by atoms with Crippen LogP contribution in [0.5, 0.6) is 0 Å². The summed E-state index contributed by atoms with van der Waals surface area (Å²) in [5, 5.41) is 0. The highest BCUT2D eigenvalue weighted by Gasteiger charge is 2.31. The van der Waals surface area contributed by atoms with Crippen molar-refractivity contribution in [2.75, 3.05) is 13.1 Å². The quantitative estimate of drug-likeness (QED) is 0.828. The van der Waals surface area contributed by atoms with Crippen molar-refractivity contribution in [3.05, 3.63) is 47.8 Å².